The van der Waals surface area contributed by atoms with Crippen LogP contribution >= 0.6 is 0 Å². The zero-order chi connectivity index (χ0) is 21.8. The molecule has 2 N–H and O–H groups in total. The predicted molar refractivity (Wildman–Crippen MR) is 124 cm³/mol. The van der Waals surface area contributed by atoms with Crippen LogP contribution in [-0.4, -0.2) is 52.7 Å². The Balaban J connectivity index is 1.69. The molecule has 0 spiro atoms. The number of likely N-dealkylation sites (N-methyl/N-ethyl adjacent to an activating group) is 2. The van der Waals surface area contributed by atoms with Crippen molar-refractivity contribution in [1.82, 2.24) is 9.80 Å². The van der Waals surface area contributed by atoms with Gasteiger partial charge in [-0.1, -0.05) is 72.8 Å². The fourth-order valence-electron chi connectivity index (χ4n) is 4.43. The summed E-state index contributed by atoms with van der Waals surface area (Å²) in [4.78, 5) is 9.41. The minimum atomic E-state index is -0.268. The molecule has 4 rings (SSSR count). The van der Waals surface area contributed by atoms with E-state index < -0.39 is 0 Å². The quantitative estimate of drug-likeness (QED) is 0.639. The van der Waals surface area contributed by atoms with Crippen LogP contribution in [0.2, 0.25) is 0 Å². The van der Waals surface area contributed by atoms with E-state index in [4.69, 9.17) is 4.99 Å². The number of nitrogens with zero attached hydrogens (tertiary/aromatic N) is 3. The molecule has 0 radical (unpaired) electrons. The van der Waals surface area contributed by atoms with E-state index in [1.54, 1.807) is 12.1 Å². The van der Waals surface area contributed by atoms with Gasteiger partial charge in [0, 0.05) is 14.1 Å². The number of phenols is 1. The molecule has 1 aliphatic rings. The second kappa shape index (κ2) is 9.23. The van der Waals surface area contributed by atoms with Crippen molar-refractivity contribution in [3.05, 3.63) is 102 Å². The Labute approximate surface area is 183 Å². The molecule has 5 heteroatoms. The van der Waals surface area contributed by atoms with Gasteiger partial charge in [-0.3, -0.25) is 0 Å². The molecule has 3 atom stereocenters. The van der Waals surface area contributed by atoms with Gasteiger partial charge in [0.05, 0.1) is 24.7 Å². The largest absolute Gasteiger partial charge is 0.508 e. The Kier molecular flexibility index (Phi) is 6.23. The van der Waals surface area contributed by atoms with Gasteiger partial charge in [-0.15, -0.1) is 0 Å². The highest BCUT2D eigenvalue weighted by Crippen LogP contribution is 2.43. The van der Waals surface area contributed by atoms with Gasteiger partial charge in [0.25, 0.3) is 0 Å². The fraction of sp³-hybridized carbons (Fsp3) is 0.269. The number of rotatable bonds is 6. The number of hydrogen-bond donors (Lipinski definition) is 2. The standard InChI is InChI=1S/C26H29N3O2/c1-28-24(20-9-5-3-6-10-20)25(21-11-7-4-8-12-21)29(2)26(28)27-22(18-30)17-19-13-15-23(31)16-14-19/h3-16,22,24-25,30-31H,17-18H2,1-2H3/t22-,24+,25+/m0/s1. The van der Waals surface area contributed by atoms with Crippen LogP contribution in [0.25, 0.3) is 0 Å². The van der Waals surface area contributed by atoms with E-state index >= 15 is 0 Å². The number of phenolic OH excluding ortho intramolecular Hbond substituents is 1. The number of aliphatic imine (C=N–C) groups is 1. The van der Waals surface area contributed by atoms with E-state index in [0.29, 0.717) is 6.42 Å². The van der Waals surface area contributed by atoms with Gasteiger partial charge in [0.2, 0.25) is 0 Å². The van der Waals surface area contributed by atoms with E-state index in [1.807, 2.05) is 24.3 Å². The van der Waals surface area contributed by atoms with Gasteiger partial charge in [-0.05, 0) is 35.2 Å². The van der Waals surface area contributed by atoms with Gasteiger partial charge in [0.15, 0.2) is 5.96 Å². The first kappa shape index (κ1) is 20.9. The Morgan fingerprint density at radius 1 is 0.774 bits per heavy atom. The zero-order valence-electron chi connectivity index (χ0n) is 18.0. The molecule has 0 saturated carbocycles. The maximum atomic E-state index is 10.0. The van der Waals surface area contributed by atoms with Crippen molar-refractivity contribution in [3.63, 3.8) is 0 Å². The maximum Gasteiger partial charge on any atom is 0.197 e. The summed E-state index contributed by atoms with van der Waals surface area (Å²) in [5.41, 5.74) is 3.49. The van der Waals surface area contributed by atoms with Crippen LogP contribution in [0.1, 0.15) is 28.8 Å². The minimum absolute atomic E-state index is 0.0436. The van der Waals surface area contributed by atoms with Gasteiger partial charge in [-0.25, -0.2) is 4.99 Å². The van der Waals surface area contributed by atoms with Gasteiger partial charge < -0.3 is 20.0 Å². The average Bonchev–Trinajstić information content (AvgIpc) is 3.05. The number of benzene rings is 3. The highest BCUT2D eigenvalue weighted by molar-refractivity contribution is 5.83. The number of aliphatic hydroxyl groups is 1. The first-order chi connectivity index (χ1) is 15.1. The molecule has 0 amide bonds. The maximum absolute atomic E-state index is 10.0. The Morgan fingerprint density at radius 3 is 1.71 bits per heavy atom. The lowest BCUT2D eigenvalue weighted by molar-refractivity contribution is 0.264. The minimum Gasteiger partial charge on any atom is -0.508 e. The zero-order valence-corrected chi connectivity index (χ0v) is 18.0. The molecule has 3 aromatic carbocycles. The van der Waals surface area contributed by atoms with E-state index in [1.165, 1.54) is 11.1 Å². The Morgan fingerprint density at radius 2 is 1.26 bits per heavy atom. The lowest BCUT2D eigenvalue weighted by Gasteiger charge is -2.26. The fourth-order valence-corrected chi connectivity index (χ4v) is 4.43. The highest BCUT2D eigenvalue weighted by Gasteiger charge is 2.42. The molecular weight excluding hydrogens is 386 g/mol. The van der Waals surface area contributed by atoms with Crippen molar-refractivity contribution in [2.75, 3.05) is 20.7 Å². The van der Waals surface area contributed by atoms with Crippen molar-refractivity contribution in [2.45, 2.75) is 24.5 Å². The van der Waals surface area contributed by atoms with Crippen molar-refractivity contribution in [3.8, 4) is 5.75 Å². The number of aliphatic hydroxyl groups excluding tert-OH is 1. The van der Waals surface area contributed by atoms with Crippen LogP contribution in [0.4, 0.5) is 0 Å². The second-order valence-electron chi connectivity index (χ2n) is 8.07. The molecule has 160 valence electrons. The first-order valence-corrected chi connectivity index (χ1v) is 10.6. The average molecular weight is 416 g/mol. The molecule has 3 aromatic rings. The molecule has 0 bridgehead atoms. The van der Waals surface area contributed by atoms with E-state index in [2.05, 4.69) is 72.4 Å². The van der Waals surface area contributed by atoms with Crippen LogP contribution in [-0.2, 0) is 6.42 Å². The van der Waals surface area contributed by atoms with Crippen molar-refractivity contribution in [1.29, 1.82) is 0 Å². The van der Waals surface area contributed by atoms with Gasteiger partial charge in [-0.2, -0.15) is 0 Å². The van der Waals surface area contributed by atoms with Gasteiger partial charge >= 0.3 is 0 Å². The third kappa shape index (κ3) is 4.42. The summed E-state index contributed by atoms with van der Waals surface area (Å²) in [5, 5.41) is 19.6. The van der Waals surface area contributed by atoms with Crippen molar-refractivity contribution in [2.24, 2.45) is 4.99 Å². The third-order valence-corrected chi connectivity index (χ3v) is 5.96. The molecule has 0 unspecified atom stereocenters. The molecule has 0 aromatic heterocycles. The molecular formula is C26H29N3O2. The highest BCUT2D eigenvalue weighted by atomic mass is 16.3. The number of guanidine groups is 1. The SMILES string of the molecule is CN1C(=N[C@H](CO)Cc2ccc(O)cc2)N(C)[C@H](c2ccccc2)[C@H]1c1ccccc1. The second-order valence-corrected chi connectivity index (χ2v) is 8.07. The summed E-state index contributed by atoms with van der Waals surface area (Å²) in [6, 6.07) is 28.0. The predicted octanol–water partition coefficient (Wildman–Crippen LogP) is 4.01. The molecule has 5 nitrogen and oxygen atoms in total. The summed E-state index contributed by atoms with van der Waals surface area (Å²) < 4.78 is 0. The summed E-state index contributed by atoms with van der Waals surface area (Å²) in [6.45, 7) is -0.0436. The summed E-state index contributed by atoms with van der Waals surface area (Å²) in [6.07, 6.45) is 0.605. The first-order valence-electron chi connectivity index (χ1n) is 10.6. The van der Waals surface area contributed by atoms with Crippen molar-refractivity contribution < 1.29 is 10.2 Å². The molecule has 1 saturated heterocycles. The van der Waals surface area contributed by atoms with Crippen molar-refractivity contribution >= 4 is 5.96 Å². The molecule has 1 heterocycles. The van der Waals surface area contributed by atoms with E-state index in [-0.39, 0.29) is 30.5 Å². The lowest BCUT2D eigenvalue weighted by Crippen LogP contribution is -2.32. The van der Waals surface area contributed by atoms with Gasteiger partial charge in [0.1, 0.15) is 5.75 Å². The van der Waals surface area contributed by atoms with Crippen LogP contribution in [0.15, 0.2) is 89.9 Å². The topological polar surface area (TPSA) is 59.3 Å². The summed E-state index contributed by atoms with van der Waals surface area (Å²) in [7, 11) is 4.15. The van der Waals surface area contributed by atoms with Crippen LogP contribution in [0.5, 0.6) is 5.75 Å². The normalized spacial score (nSPS) is 19.5. The smallest absolute Gasteiger partial charge is 0.197 e. The Hall–Kier alpha value is -3.31. The molecule has 0 aliphatic carbocycles. The van der Waals surface area contributed by atoms with Crippen LogP contribution in [0, 0.1) is 0 Å². The summed E-state index contributed by atoms with van der Waals surface area (Å²) >= 11 is 0. The van der Waals surface area contributed by atoms with E-state index in [0.717, 1.165) is 11.5 Å². The number of aromatic hydroxyl groups is 1. The molecule has 1 aliphatic heterocycles. The molecule has 31 heavy (non-hydrogen) atoms. The van der Waals surface area contributed by atoms with Crippen LogP contribution in [0.3, 0.4) is 0 Å². The lowest BCUT2D eigenvalue weighted by atomic mass is 9.93. The monoisotopic (exact) mass is 415 g/mol. The third-order valence-electron chi connectivity index (χ3n) is 5.96. The summed E-state index contributed by atoms with van der Waals surface area (Å²) in [5.74, 6) is 1.10. The molecule has 1 fully saturated rings. The Bertz CT molecular complexity index is 952. The van der Waals surface area contributed by atoms with Crippen LogP contribution < -0.4 is 0 Å². The number of hydrogen-bond acceptors (Lipinski definition) is 3. The van der Waals surface area contributed by atoms with E-state index in [9.17, 15) is 10.2 Å².